The van der Waals surface area contributed by atoms with E-state index in [2.05, 4.69) is 0 Å². The topological polar surface area (TPSA) is 26.0 Å². The van der Waals surface area contributed by atoms with Crippen LogP contribution in [-0.4, -0.2) is 6.04 Å². The Labute approximate surface area is 122 Å². The molecule has 1 atom stereocenters. The fraction of sp³-hybridized carbons (Fsp3) is 0.250. The summed E-state index contributed by atoms with van der Waals surface area (Å²) in [6, 6.07) is 11.3. The first-order chi connectivity index (χ1) is 9.60. The number of hydrogen-bond acceptors (Lipinski definition) is 2. The zero-order valence-electron chi connectivity index (χ0n) is 11.3. The van der Waals surface area contributed by atoms with Gasteiger partial charge in [-0.2, -0.15) is 0 Å². The average Bonchev–Trinajstić information content (AvgIpc) is 2.44. The van der Waals surface area contributed by atoms with E-state index in [1.54, 1.807) is 0 Å². The van der Waals surface area contributed by atoms with Crippen LogP contribution in [0.1, 0.15) is 18.9 Å². The number of halogens is 2. The van der Waals surface area contributed by atoms with E-state index >= 15 is 0 Å². The fourth-order valence-corrected chi connectivity index (χ4v) is 2.88. The van der Waals surface area contributed by atoms with E-state index in [1.807, 2.05) is 31.2 Å². The molecule has 0 heterocycles. The molecular weight excluding hydrogens is 276 g/mol. The van der Waals surface area contributed by atoms with Gasteiger partial charge in [-0.3, -0.25) is 0 Å². The van der Waals surface area contributed by atoms with Crippen LogP contribution in [0.4, 0.5) is 8.78 Å². The molecular formula is C16H17F2NS. The summed E-state index contributed by atoms with van der Waals surface area (Å²) in [5.74, 6) is -0.845. The standard InChI is InChI=1S/C16H17F2NS/c1-2-13(19)9-11-5-3-4-6-15(11)20-16-10-12(17)7-8-14(16)18/h3-8,10,13H,2,9,19H2,1H3. The van der Waals surface area contributed by atoms with Crippen LogP contribution in [0.25, 0.3) is 0 Å². The molecule has 2 rings (SSSR count). The number of hydrogen-bond donors (Lipinski definition) is 1. The molecule has 20 heavy (non-hydrogen) atoms. The summed E-state index contributed by atoms with van der Waals surface area (Å²) >= 11 is 1.24. The van der Waals surface area contributed by atoms with E-state index in [9.17, 15) is 8.78 Å². The monoisotopic (exact) mass is 293 g/mol. The van der Waals surface area contributed by atoms with Crippen LogP contribution < -0.4 is 5.73 Å². The first kappa shape index (κ1) is 15.0. The Morgan fingerprint density at radius 3 is 2.60 bits per heavy atom. The molecule has 0 aromatic heterocycles. The van der Waals surface area contributed by atoms with E-state index in [4.69, 9.17) is 5.73 Å². The van der Waals surface area contributed by atoms with Crippen molar-refractivity contribution < 1.29 is 8.78 Å². The molecule has 0 fully saturated rings. The van der Waals surface area contributed by atoms with Crippen molar-refractivity contribution in [1.29, 1.82) is 0 Å². The van der Waals surface area contributed by atoms with E-state index < -0.39 is 11.6 Å². The Bertz CT molecular complexity index is 586. The molecule has 0 aliphatic heterocycles. The fourth-order valence-electron chi connectivity index (χ4n) is 1.87. The Kier molecular flexibility index (Phi) is 5.15. The molecule has 0 spiro atoms. The lowest BCUT2D eigenvalue weighted by molar-refractivity contribution is 0.577. The largest absolute Gasteiger partial charge is 0.327 e. The van der Waals surface area contributed by atoms with Crippen molar-refractivity contribution in [2.24, 2.45) is 5.73 Å². The lowest BCUT2D eigenvalue weighted by Gasteiger charge is -2.13. The van der Waals surface area contributed by atoms with Crippen molar-refractivity contribution in [2.45, 2.75) is 35.6 Å². The molecule has 1 nitrogen and oxygen atoms in total. The first-order valence-corrected chi connectivity index (χ1v) is 7.38. The highest BCUT2D eigenvalue weighted by Crippen LogP contribution is 2.33. The number of nitrogens with two attached hydrogens (primary N) is 1. The zero-order valence-corrected chi connectivity index (χ0v) is 12.1. The minimum Gasteiger partial charge on any atom is -0.327 e. The van der Waals surface area contributed by atoms with Gasteiger partial charge >= 0.3 is 0 Å². The molecule has 0 amide bonds. The van der Waals surface area contributed by atoms with Gasteiger partial charge in [-0.1, -0.05) is 36.9 Å². The van der Waals surface area contributed by atoms with Crippen molar-refractivity contribution in [3.05, 3.63) is 59.7 Å². The molecule has 106 valence electrons. The Morgan fingerprint density at radius 1 is 1.10 bits per heavy atom. The highest BCUT2D eigenvalue weighted by atomic mass is 32.2. The molecule has 1 unspecified atom stereocenters. The van der Waals surface area contributed by atoms with Crippen LogP contribution >= 0.6 is 11.8 Å². The van der Waals surface area contributed by atoms with Gasteiger partial charge in [-0.25, -0.2) is 8.78 Å². The van der Waals surface area contributed by atoms with Crippen molar-refractivity contribution in [3.63, 3.8) is 0 Å². The molecule has 2 aromatic carbocycles. The minimum atomic E-state index is -0.434. The third-order valence-electron chi connectivity index (χ3n) is 3.09. The third-order valence-corrected chi connectivity index (χ3v) is 4.24. The van der Waals surface area contributed by atoms with Gasteiger partial charge in [-0.05, 0) is 42.7 Å². The lowest BCUT2D eigenvalue weighted by Crippen LogP contribution is -2.21. The highest BCUT2D eigenvalue weighted by Gasteiger charge is 2.11. The lowest BCUT2D eigenvalue weighted by atomic mass is 10.1. The summed E-state index contributed by atoms with van der Waals surface area (Å²) in [7, 11) is 0. The maximum atomic E-state index is 13.7. The number of benzene rings is 2. The molecule has 0 aliphatic carbocycles. The Hall–Kier alpha value is -1.39. The highest BCUT2D eigenvalue weighted by molar-refractivity contribution is 7.99. The van der Waals surface area contributed by atoms with Crippen LogP contribution in [0.15, 0.2) is 52.3 Å². The predicted octanol–water partition coefficient (Wildman–Crippen LogP) is 4.40. The van der Waals surface area contributed by atoms with E-state index in [-0.39, 0.29) is 6.04 Å². The van der Waals surface area contributed by atoms with Gasteiger partial charge in [0.1, 0.15) is 11.6 Å². The van der Waals surface area contributed by atoms with Gasteiger partial charge in [0.2, 0.25) is 0 Å². The van der Waals surface area contributed by atoms with E-state index in [0.29, 0.717) is 4.90 Å². The van der Waals surface area contributed by atoms with Crippen LogP contribution in [0, 0.1) is 11.6 Å². The summed E-state index contributed by atoms with van der Waals surface area (Å²) in [6.07, 6.45) is 1.62. The molecule has 0 bridgehead atoms. The third kappa shape index (κ3) is 3.81. The Balaban J connectivity index is 2.27. The smallest absolute Gasteiger partial charge is 0.137 e. The SMILES string of the molecule is CCC(N)Cc1ccccc1Sc1cc(F)ccc1F. The molecule has 0 radical (unpaired) electrons. The molecule has 2 N–H and O–H groups in total. The summed E-state index contributed by atoms with van der Waals surface area (Å²) in [5, 5.41) is 0. The van der Waals surface area contributed by atoms with Crippen LogP contribution in [0.2, 0.25) is 0 Å². The molecule has 4 heteroatoms. The second kappa shape index (κ2) is 6.86. The Morgan fingerprint density at radius 2 is 1.85 bits per heavy atom. The van der Waals surface area contributed by atoms with Gasteiger partial charge in [0, 0.05) is 10.9 Å². The van der Waals surface area contributed by atoms with E-state index in [0.717, 1.165) is 35.4 Å². The van der Waals surface area contributed by atoms with Crippen molar-refractivity contribution in [2.75, 3.05) is 0 Å². The van der Waals surface area contributed by atoms with Crippen LogP contribution in [0.5, 0.6) is 0 Å². The van der Waals surface area contributed by atoms with Crippen molar-refractivity contribution >= 4 is 11.8 Å². The molecule has 0 aliphatic rings. The summed E-state index contributed by atoms with van der Waals surface area (Å²) < 4.78 is 26.9. The van der Waals surface area contributed by atoms with Crippen LogP contribution in [0.3, 0.4) is 0 Å². The average molecular weight is 293 g/mol. The summed E-state index contributed by atoms with van der Waals surface area (Å²) in [5.41, 5.74) is 7.04. The van der Waals surface area contributed by atoms with E-state index in [1.165, 1.54) is 17.8 Å². The summed E-state index contributed by atoms with van der Waals surface area (Å²) in [4.78, 5) is 1.21. The molecule has 0 saturated carbocycles. The zero-order chi connectivity index (χ0) is 14.5. The van der Waals surface area contributed by atoms with Gasteiger partial charge in [0.05, 0.1) is 4.90 Å². The number of rotatable bonds is 5. The van der Waals surface area contributed by atoms with Gasteiger partial charge in [0.15, 0.2) is 0 Å². The molecule has 0 saturated heterocycles. The van der Waals surface area contributed by atoms with Gasteiger partial charge in [0.25, 0.3) is 0 Å². The van der Waals surface area contributed by atoms with Crippen LogP contribution in [-0.2, 0) is 6.42 Å². The maximum absolute atomic E-state index is 13.7. The quantitative estimate of drug-likeness (QED) is 0.884. The van der Waals surface area contributed by atoms with Crippen molar-refractivity contribution in [1.82, 2.24) is 0 Å². The second-order valence-electron chi connectivity index (χ2n) is 4.66. The van der Waals surface area contributed by atoms with Crippen molar-refractivity contribution in [3.8, 4) is 0 Å². The maximum Gasteiger partial charge on any atom is 0.137 e. The second-order valence-corrected chi connectivity index (χ2v) is 5.74. The van der Waals surface area contributed by atoms with Gasteiger partial charge in [-0.15, -0.1) is 0 Å². The summed E-state index contributed by atoms with van der Waals surface area (Å²) in [6.45, 7) is 2.03. The predicted molar refractivity (Wildman–Crippen MR) is 78.9 cm³/mol. The normalized spacial score (nSPS) is 12.4. The minimum absolute atomic E-state index is 0.0779. The first-order valence-electron chi connectivity index (χ1n) is 6.56. The molecule has 2 aromatic rings. The van der Waals surface area contributed by atoms with Gasteiger partial charge < -0.3 is 5.73 Å².